The predicted molar refractivity (Wildman–Crippen MR) is 122 cm³/mol. The lowest BCUT2D eigenvalue weighted by Gasteiger charge is -2.32. The van der Waals surface area contributed by atoms with Crippen molar-refractivity contribution in [1.29, 1.82) is 0 Å². The number of nitrogens with one attached hydrogen (secondary N) is 2. The van der Waals surface area contributed by atoms with E-state index in [1.165, 1.54) is 0 Å². The zero-order valence-electron chi connectivity index (χ0n) is 17.7. The smallest absolute Gasteiger partial charge is 0.253 e. The van der Waals surface area contributed by atoms with Gasteiger partial charge in [-0.2, -0.15) is 0 Å². The second-order valence-corrected chi connectivity index (χ2v) is 7.56. The molecule has 0 aliphatic carbocycles. The molecule has 0 unspecified atom stereocenters. The molecule has 8 nitrogen and oxygen atoms in total. The second kappa shape index (κ2) is 13.4. The van der Waals surface area contributed by atoms with Gasteiger partial charge in [0.25, 0.3) is 5.91 Å². The molecule has 3 amide bonds. The van der Waals surface area contributed by atoms with Crippen LogP contribution in [-0.2, 0) is 16.1 Å². The molecule has 0 bridgehead atoms. The van der Waals surface area contributed by atoms with Crippen LogP contribution in [0.2, 0.25) is 0 Å². The molecule has 1 aliphatic rings. The monoisotopic (exact) mass is 461 g/mol. The van der Waals surface area contributed by atoms with Crippen molar-refractivity contribution in [3.05, 3.63) is 35.4 Å². The molecule has 0 saturated carbocycles. The van der Waals surface area contributed by atoms with Crippen LogP contribution in [0.4, 0.5) is 0 Å². The van der Waals surface area contributed by atoms with Crippen LogP contribution >= 0.6 is 24.8 Å². The molecular weight excluding hydrogens is 429 g/mol. The Kier molecular flexibility index (Phi) is 12.6. The molecule has 1 aromatic rings. The molecule has 1 heterocycles. The highest BCUT2D eigenvalue weighted by Crippen LogP contribution is 2.10. The lowest BCUT2D eigenvalue weighted by Crippen LogP contribution is -2.47. The summed E-state index contributed by atoms with van der Waals surface area (Å²) in [4.78, 5) is 40.2. The predicted octanol–water partition coefficient (Wildman–Crippen LogP) is 0.634. The van der Waals surface area contributed by atoms with Gasteiger partial charge >= 0.3 is 0 Å². The minimum atomic E-state index is -0.627. The molecule has 30 heavy (non-hydrogen) atoms. The maximum absolute atomic E-state index is 12.5. The van der Waals surface area contributed by atoms with Crippen LogP contribution in [0.15, 0.2) is 24.3 Å². The van der Waals surface area contributed by atoms with Crippen LogP contribution < -0.4 is 16.4 Å². The SMILES string of the molecule is CC(C)[C@H](N)C(=O)NCC(=O)NCc1ccc(C(=O)N2CCN(C)CC2)cc1.Cl.Cl. The quantitative estimate of drug-likeness (QED) is 0.551. The Bertz CT molecular complexity index is 692. The van der Waals surface area contributed by atoms with E-state index in [2.05, 4.69) is 22.6 Å². The van der Waals surface area contributed by atoms with Crippen molar-refractivity contribution in [2.45, 2.75) is 26.4 Å². The molecule has 0 aromatic heterocycles. The fourth-order valence-electron chi connectivity index (χ4n) is 2.81. The third-order valence-corrected chi connectivity index (χ3v) is 4.93. The average molecular weight is 462 g/mol. The zero-order chi connectivity index (χ0) is 20.7. The topological polar surface area (TPSA) is 108 Å². The van der Waals surface area contributed by atoms with E-state index < -0.39 is 6.04 Å². The van der Waals surface area contributed by atoms with Gasteiger partial charge in [-0.25, -0.2) is 0 Å². The summed E-state index contributed by atoms with van der Waals surface area (Å²) in [5.74, 6) is -0.582. The van der Waals surface area contributed by atoms with Crippen molar-refractivity contribution in [3.8, 4) is 0 Å². The Labute approximate surface area is 190 Å². The largest absolute Gasteiger partial charge is 0.350 e. The third kappa shape index (κ3) is 8.47. The van der Waals surface area contributed by atoms with Gasteiger partial charge in [0.1, 0.15) is 0 Å². The first-order valence-electron chi connectivity index (χ1n) is 9.64. The Hall–Kier alpha value is -1.87. The number of hydrogen-bond donors (Lipinski definition) is 3. The number of rotatable bonds is 7. The number of hydrogen-bond acceptors (Lipinski definition) is 5. The van der Waals surface area contributed by atoms with Gasteiger partial charge in [-0.1, -0.05) is 26.0 Å². The maximum atomic E-state index is 12.5. The summed E-state index contributed by atoms with van der Waals surface area (Å²) >= 11 is 0. The normalized spacial score (nSPS) is 14.9. The number of likely N-dealkylation sites (N-methyl/N-ethyl adjacent to an activating group) is 1. The van der Waals surface area contributed by atoms with Crippen molar-refractivity contribution >= 4 is 42.5 Å². The van der Waals surface area contributed by atoms with Crippen LogP contribution in [0.25, 0.3) is 0 Å². The Morgan fingerprint density at radius 2 is 1.57 bits per heavy atom. The lowest BCUT2D eigenvalue weighted by molar-refractivity contribution is -0.127. The summed E-state index contributed by atoms with van der Waals surface area (Å²) in [6, 6.07) is 6.60. The summed E-state index contributed by atoms with van der Waals surface area (Å²) in [6.45, 7) is 7.15. The number of nitrogens with two attached hydrogens (primary N) is 1. The molecule has 0 spiro atoms. The average Bonchev–Trinajstić information content (AvgIpc) is 2.70. The summed E-state index contributed by atoms with van der Waals surface area (Å²) in [5, 5.41) is 5.28. The van der Waals surface area contributed by atoms with Gasteiger partial charge in [0.2, 0.25) is 11.8 Å². The highest BCUT2D eigenvalue weighted by Gasteiger charge is 2.20. The fraction of sp³-hybridized carbons (Fsp3) is 0.550. The van der Waals surface area contributed by atoms with Gasteiger partial charge in [-0.15, -0.1) is 24.8 Å². The van der Waals surface area contributed by atoms with E-state index in [0.717, 1.165) is 31.7 Å². The van der Waals surface area contributed by atoms with Gasteiger partial charge in [-0.05, 0) is 30.7 Å². The Morgan fingerprint density at radius 3 is 2.10 bits per heavy atom. The minimum absolute atomic E-state index is 0. The standard InChI is InChI=1S/C20H31N5O3.2ClH/c1-14(2)18(21)19(27)23-13-17(26)22-12-15-4-6-16(7-5-15)20(28)25-10-8-24(3)9-11-25;;/h4-7,14,18H,8-13,21H2,1-3H3,(H,22,26)(H,23,27);2*1H/t18-;;/m0../s1. The first-order valence-corrected chi connectivity index (χ1v) is 9.64. The van der Waals surface area contributed by atoms with Crippen molar-refractivity contribution in [3.63, 3.8) is 0 Å². The second-order valence-electron chi connectivity index (χ2n) is 7.56. The molecule has 1 fully saturated rings. The van der Waals surface area contributed by atoms with Crippen molar-refractivity contribution in [2.75, 3.05) is 39.8 Å². The summed E-state index contributed by atoms with van der Waals surface area (Å²) in [6.07, 6.45) is 0. The molecule has 10 heteroatoms. The first kappa shape index (κ1) is 28.1. The van der Waals surface area contributed by atoms with Crippen molar-refractivity contribution in [1.82, 2.24) is 20.4 Å². The summed E-state index contributed by atoms with van der Waals surface area (Å²) in [5.41, 5.74) is 7.26. The number of nitrogens with zero attached hydrogens (tertiary/aromatic N) is 2. The molecule has 2 rings (SSSR count). The van der Waals surface area contributed by atoms with E-state index in [1.54, 1.807) is 12.1 Å². The number of carbonyl (C=O) groups excluding carboxylic acids is 3. The maximum Gasteiger partial charge on any atom is 0.253 e. The molecule has 170 valence electrons. The molecule has 0 radical (unpaired) electrons. The highest BCUT2D eigenvalue weighted by molar-refractivity contribution is 5.94. The minimum Gasteiger partial charge on any atom is -0.350 e. The van der Waals surface area contributed by atoms with E-state index in [1.807, 2.05) is 30.9 Å². The highest BCUT2D eigenvalue weighted by atomic mass is 35.5. The van der Waals surface area contributed by atoms with Gasteiger partial charge in [0.15, 0.2) is 0 Å². The van der Waals surface area contributed by atoms with Gasteiger partial charge in [0, 0.05) is 38.3 Å². The van der Waals surface area contributed by atoms with Gasteiger partial charge in [0.05, 0.1) is 12.6 Å². The fourth-order valence-corrected chi connectivity index (χ4v) is 2.81. The molecule has 1 atom stereocenters. The first-order chi connectivity index (χ1) is 13.3. The summed E-state index contributed by atoms with van der Waals surface area (Å²) in [7, 11) is 2.05. The lowest BCUT2D eigenvalue weighted by atomic mass is 10.1. The molecule has 4 N–H and O–H groups in total. The number of benzene rings is 1. The molecular formula is C20H33Cl2N5O3. The van der Waals surface area contributed by atoms with E-state index in [9.17, 15) is 14.4 Å². The third-order valence-electron chi connectivity index (χ3n) is 4.93. The van der Waals surface area contributed by atoms with Crippen molar-refractivity contribution < 1.29 is 14.4 Å². The van der Waals surface area contributed by atoms with E-state index in [-0.39, 0.29) is 55.0 Å². The van der Waals surface area contributed by atoms with E-state index in [4.69, 9.17) is 5.73 Å². The van der Waals surface area contributed by atoms with Crippen LogP contribution in [0.1, 0.15) is 29.8 Å². The number of halogens is 2. The van der Waals surface area contributed by atoms with E-state index >= 15 is 0 Å². The molecule has 1 aliphatic heterocycles. The number of piperazine rings is 1. The molecule has 1 saturated heterocycles. The van der Waals surface area contributed by atoms with Crippen LogP contribution in [0, 0.1) is 5.92 Å². The zero-order valence-corrected chi connectivity index (χ0v) is 19.4. The van der Waals surface area contributed by atoms with Crippen LogP contribution in [0.3, 0.4) is 0 Å². The number of amides is 3. The Balaban J connectivity index is 0.00000420. The van der Waals surface area contributed by atoms with Crippen molar-refractivity contribution in [2.24, 2.45) is 11.7 Å². The number of carbonyl (C=O) groups is 3. The van der Waals surface area contributed by atoms with E-state index in [0.29, 0.717) is 12.1 Å². The summed E-state index contributed by atoms with van der Waals surface area (Å²) < 4.78 is 0. The van der Waals surface area contributed by atoms with Gasteiger partial charge < -0.3 is 26.2 Å². The Morgan fingerprint density at radius 1 is 1.00 bits per heavy atom. The van der Waals surface area contributed by atoms with Gasteiger partial charge in [-0.3, -0.25) is 14.4 Å². The van der Waals surface area contributed by atoms with Crippen LogP contribution in [-0.4, -0.2) is 73.3 Å². The van der Waals surface area contributed by atoms with Crippen LogP contribution in [0.5, 0.6) is 0 Å². The molecule has 1 aromatic carbocycles.